The van der Waals surface area contributed by atoms with E-state index in [1.54, 1.807) is 6.92 Å². The molecule has 0 spiro atoms. The highest BCUT2D eigenvalue weighted by Crippen LogP contribution is 2.16. The van der Waals surface area contributed by atoms with Crippen LogP contribution in [0.5, 0.6) is 0 Å². The Morgan fingerprint density at radius 1 is 1.38 bits per heavy atom. The van der Waals surface area contributed by atoms with Gasteiger partial charge in [0.2, 0.25) is 0 Å². The van der Waals surface area contributed by atoms with Crippen LogP contribution in [-0.4, -0.2) is 23.3 Å². The first-order valence-electron chi connectivity index (χ1n) is 4.94. The third kappa shape index (κ3) is 4.88. The Kier molecular flexibility index (Phi) is 5.71. The molecule has 3 nitrogen and oxygen atoms in total. The molecule has 0 saturated heterocycles. The van der Waals surface area contributed by atoms with Crippen molar-refractivity contribution in [3.05, 3.63) is 0 Å². The zero-order valence-electron chi connectivity index (χ0n) is 8.80. The Bertz CT molecular complexity index is 152. The minimum atomic E-state index is -1.30. The van der Waals surface area contributed by atoms with E-state index in [-0.39, 0.29) is 0 Å². The standard InChI is InChI=1S/C10H20O3/c1-4-6-7-8-10(3,12)9(11)13-5-2/h12H,4-8H2,1-3H3. The molecule has 78 valence electrons. The van der Waals surface area contributed by atoms with Crippen LogP contribution in [0.3, 0.4) is 0 Å². The molecule has 0 amide bonds. The molecule has 0 aromatic heterocycles. The molecule has 0 heterocycles. The molecule has 1 atom stereocenters. The van der Waals surface area contributed by atoms with Gasteiger partial charge in [0.25, 0.3) is 0 Å². The summed E-state index contributed by atoms with van der Waals surface area (Å²) >= 11 is 0. The lowest BCUT2D eigenvalue weighted by Gasteiger charge is -2.20. The summed E-state index contributed by atoms with van der Waals surface area (Å²) in [5, 5.41) is 9.67. The van der Waals surface area contributed by atoms with Gasteiger partial charge in [-0.15, -0.1) is 0 Å². The lowest BCUT2D eigenvalue weighted by Crippen LogP contribution is -2.36. The molecule has 0 aliphatic rings. The normalized spacial score (nSPS) is 15.1. The molecule has 0 aliphatic carbocycles. The van der Waals surface area contributed by atoms with Gasteiger partial charge in [-0.05, 0) is 26.7 Å². The van der Waals surface area contributed by atoms with E-state index in [2.05, 4.69) is 6.92 Å². The number of aliphatic hydroxyl groups is 1. The van der Waals surface area contributed by atoms with Crippen molar-refractivity contribution in [3.63, 3.8) is 0 Å². The molecule has 0 rings (SSSR count). The molecule has 0 fully saturated rings. The van der Waals surface area contributed by atoms with Crippen LogP contribution >= 0.6 is 0 Å². The van der Waals surface area contributed by atoms with Gasteiger partial charge < -0.3 is 9.84 Å². The van der Waals surface area contributed by atoms with Crippen molar-refractivity contribution < 1.29 is 14.6 Å². The van der Waals surface area contributed by atoms with Crippen molar-refractivity contribution in [1.82, 2.24) is 0 Å². The molecule has 0 aliphatic heterocycles. The average molecular weight is 188 g/mol. The average Bonchev–Trinajstić information content (AvgIpc) is 2.05. The second kappa shape index (κ2) is 5.97. The smallest absolute Gasteiger partial charge is 0.337 e. The highest BCUT2D eigenvalue weighted by atomic mass is 16.5. The second-order valence-electron chi connectivity index (χ2n) is 3.45. The fraction of sp³-hybridized carbons (Fsp3) is 0.900. The van der Waals surface area contributed by atoms with Crippen LogP contribution < -0.4 is 0 Å². The van der Waals surface area contributed by atoms with E-state index in [1.807, 2.05) is 0 Å². The third-order valence-corrected chi connectivity index (χ3v) is 1.98. The Labute approximate surface area is 80.1 Å². The summed E-state index contributed by atoms with van der Waals surface area (Å²) in [7, 11) is 0. The van der Waals surface area contributed by atoms with Gasteiger partial charge in [-0.1, -0.05) is 19.8 Å². The van der Waals surface area contributed by atoms with Crippen molar-refractivity contribution in [2.75, 3.05) is 6.61 Å². The van der Waals surface area contributed by atoms with Crippen molar-refractivity contribution in [3.8, 4) is 0 Å². The number of carbonyl (C=O) groups is 1. The molecular formula is C10H20O3. The monoisotopic (exact) mass is 188 g/mol. The summed E-state index contributed by atoms with van der Waals surface area (Å²) in [5.74, 6) is -0.508. The molecule has 13 heavy (non-hydrogen) atoms. The van der Waals surface area contributed by atoms with Crippen LogP contribution in [0.25, 0.3) is 0 Å². The van der Waals surface area contributed by atoms with Gasteiger partial charge in [0.15, 0.2) is 5.60 Å². The van der Waals surface area contributed by atoms with Crippen molar-refractivity contribution in [2.24, 2.45) is 0 Å². The number of ether oxygens (including phenoxy) is 1. The molecule has 3 heteroatoms. The number of hydrogen-bond donors (Lipinski definition) is 1. The Morgan fingerprint density at radius 2 is 2.00 bits per heavy atom. The molecular weight excluding hydrogens is 168 g/mol. The van der Waals surface area contributed by atoms with Gasteiger partial charge in [-0.25, -0.2) is 4.79 Å². The van der Waals surface area contributed by atoms with E-state index < -0.39 is 11.6 Å². The van der Waals surface area contributed by atoms with E-state index >= 15 is 0 Å². The van der Waals surface area contributed by atoms with Crippen LogP contribution in [0.15, 0.2) is 0 Å². The van der Waals surface area contributed by atoms with Crippen molar-refractivity contribution in [2.45, 2.75) is 52.1 Å². The first-order chi connectivity index (χ1) is 6.04. The van der Waals surface area contributed by atoms with E-state index in [4.69, 9.17) is 4.74 Å². The topological polar surface area (TPSA) is 46.5 Å². The largest absolute Gasteiger partial charge is 0.464 e. The van der Waals surface area contributed by atoms with E-state index in [1.165, 1.54) is 6.92 Å². The van der Waals surface area contributed by atoms with Crippen LogP contribution in [-0.2, 0) is 9.53 Å². The fourth-order valence-electron chi connectivity index (χ4n) is 1.11. The Morgan fingerprint density at radius 3 is 2.46 bits per heavy atom. The van der Waals surface area contributed by atoms with Crippen LogP contribution in [0.4, 0.5) is 0 Å². The van der Waals surface area contributed by atoms with Crippen molar-refractivity contribution >= 4 is 5.97 Å². The number of unbranched alkanes of at least 4 members (excludes halogenated alkanes) is 2. The predicted octanol–water partition coefficient (Wildman–Crippen LogP) is 1.88. The SMILES string of the molecule is CCCCCC(C)(O)C(=O)OCC. The van der Waals surface area contributed by atoms with E-state index in [0.29, 0.717) is 13.0 Å². The zero-order valence-corrected chi connectivity index (χ0v) is 8.80. The maximum atomic E-state index is 11.2. The number of esters is 1. The lowest BCUT2D eigenvalue weighted by atomic mass is 9.99. The molecule has 0 aromatic carbocycles. The zero-order chi connectivity index (χ0) is 10.3. The highest BCUT2D eigenvalue weighted by molar-refractivity contribution is 5.78. The van der Waals surface area contributed by atoms with Gasteiger partial charge in [0.05, 0.1) is 6.61 Å². The summed E-state index contributed by atoms with van der Waals surface area (Å²) < 4.78 is 4.75. The molecule has 0 bridgehead atoms. The summed E-state index contributed by atoms with van der Waals surface area (Å²) in [6, 6.07) is 0. The Balaban J connectivity index is 3.83. The predicted molar refractivity (Wildman–Crippen MR) is 51.4 cm³/mol. The number of hydrogen-bond acceptors (Lipinski definition) is 3. The minimum absolute atomic E-state index is 0.322. The van der Waals surface area contributed by atoms with Gasteiger partial charge in [0, 0.05) is 0 Å². The van der Waals surface area contributed by atoms with E-state index in [0.717, 1.165) is 19.3 Å². The lowest BCUT2D eigenvalue weighted by molar-refractivity contribution is -0.163. The maximum absolute atomic E-state index is 11.2. The van der Waals surface area contributed by atoms with Crippen molar-refractivity contribution in [1.29, 1.82) is 0 Å². The first-order valence-corrected chi connectivity index (χ1v) is 4.94. The quantitative estimate of drug-likeness (QED) is 0.511. The summed E-state index contributed by atoms with van der Waals surface area (Å²) in [4.78, 5) is 11.2. The number of rotatable bonds is 6. The van der Waals surface area contributed by atoms with Gasteiger partial charge in [-0.3, -0.25) is 0 Å². The summed E-state index contributed by atoms with van der Waals surface area (Å²) in [6.45, 7) is 5.66. The minimum Gasteiger partial charge on any atom is -0.464 e. The molecule has 0 aromatic rings. The summed E-state index contributed by atoms with van der Waals surface area (Å²) in [6.07, 6.45) is 3.47. The third-order valence-electron chi connectivity index (χ3n) is 1.98. The van der Waals surface area contributed by atoms with Gasteiger partial charge in [-0.2, -0.15) is 0 Å². The molecule has 1 unspecified atom stereocenters. The fourth-order valence-corrected chi connectivity index (χ4v) is 1.11. The maximum Gasteiger partial charge on any atom is 0.337 e. The first kappa shape index (κ1) is 12.4. The highest BCUT2D eigenvalue weighted by Gasteiger charge is 2.30. The van der Waals surface area contributed by atoms with Crippen LogP contribution in [0.2, 0.25) is 0 Å². The van der Waals surface area contributed by atoms with E-state index in [9.17, 15) is 9.90 Å². The summed E-state index contributed by atoms with van der Waals surface area (Å²) in [5.41, 5.74) is -1.30. The van der Waals surface area contributed by atoms with Crippen LogP contribution in [0.1, 0.15) is 46.5 Å². The van der Waals surface area contributed by atoms with Gasteiger partial charge >= 0.3 is 5.97 Å². The second-order valence-corrected chi connectivity index (χ2v) is 3.45. The molecule has 1 N–H and O–H groups in total. The van der Waals surface area contributed by atoms with Gasteiger partial charge in [0.1, 0.15) is 0 Å². The number of carbonyl (C=O) groups excluding carboxylic acids is 1. The molecule has 0 saturated carbocycles. The Hall–Kier alpha value is -0.570. The van der Waals surface area contributed by atoms with Crippen LogP contribution in [0, 0.1) is 0 Å². The molecule has 0 radical (unpaired) electrons.